The lowest BCUT2D eigenvalue weighted by Gasteiger charge is -2.18. The van der Waals surface area contributed by atoms with E-state index in [1.54, 1.807) is 22.7 Å². The maximum absolute atomic E-state index is 6.18. The van der Waals surface area contributed by atoms with Crippen LogP contribution in [0.3, 0.4) is 0 Å². The first-order chi connectivity index (χ1) is 8.97. The molecule has 2 aromatic heterocycles. The number of hydrogen-bond acceptors (Lipinski definition) is 4. The van der Waals surface area contributed by atoms with Crippen LogP contribution in [0.25, 0.3) is 20.8 Å². The van der Waals surface area contributed by atoms with Gasteiger partial charge in [-0.05, 0) is 28.5 Å². The molecule has 3 aromatic rings. The van der Waals surface area contributed by atoms with E-state index in [9.17, 15) is 0 Å². The predicted molar refractivity (Wildman–Crippen MR) is 86.0 cm³/mol. The number of para-hydroxylation sites is 1. The summed E-state index contributed by atoms with van der Waals surface area (Å²) in [6.07, 6.45) is 0. The fourth-order valence-corrected chi connectivity index (χ4v) is 4.27. The summed E-state index contributed by atoms with van der Waals surface area (Å²) in [5.41, 5.74) is 9.72. The van der Waals surface area contributed by atoms with Crippen molar-refractivity contribution in [3.8, 4) is 10.6 Å². The van der Waals surface area contributed by atoms with E-state index in [1.165, 1.54) is 10.3 Å². The number of nitrogens with two attached hydrogens (primary N) is 1. The Kier molecular flexibility index (Phi) is 2.87. The van der Waals surface area contributed by atoms with E-state index in [0.717, 1.165) is 21.1 Å². The normalized spacial score (nSPS) is 12.2. The zero-order chi connectivity index (χ0) is 13.6. The van der Waals surface area contributed by atoms with E-state index in [-0.39, 0.29) is 5.41 Å². The molecule has 0 saturated carbocycles. The second-order valence-electron chi connectivity index (χ2n) is 5.63. The molecule has 0 aliphatic carbocycles. The number of thiophene rings is 1. The Morgan fingerprint density at radius 2 is 1.89 bits per heavy atom. The average Bonchev–Trinajstić information content (AvgIpc) is 2.90. The lowest BCUT2D eigenvalue weighted by Crippen LogP contribution is -2.11. The molecule has 0 saturated heterocycles. The van der Waals surface area contributed by atoms with Gasteiger partial charge in [0.2, 0.25) is 0 Å². The highest BCUT2D eigenvalue weighted by Crippen LogP contribution is 2.43. The minimum atomic E-state index is 0.0846. The van der Waals surface area contributed by atoms with Crippen molar-refractivity contribution in [2.24, 2.45) is 0 Å². The van der Waals surface area contributed by atoms with E-state index in [2.05, 4.69) is 38.3 Å². The van der Waals surface area contributed by atoms with Crippen molar-refractivity contribution in [2.75, 3.05) is 5.73 Å². The topological polar surface area (TPSA) is 38.9 Å². The zero-order valence-corrected chi connectivity index (χ0v) is 12.9. The SMILES string of the molecule is CC(C)(C)c1csc(N)c1-c1nc2ccccc2s1. The molecule has 0 amide bonds. The number of aromatic nitrogens is 1. The van der Waals surface area contributed by atoms with E-state index in [4.69, 9.17) is 10.7 Å². The summed E-state index contributed by atoms with van der Waals surface area (Å²) in [6.45, 7) is 6.64. The second-order valence-corrected chi connectivity index (χ2v) is 7.57. The highest BCUT2D eigenvalue weighted by Gasteiger charge is 2.24. The van der Waals surface area contributed by atoms with E-state index >= 15 is 0 Å². The zero-order valence-electron chi connectivity index (χ0n) is 11.2. The minimum Gasteiger partial charge on any atom is -0.390 e. The summed E-state index contributed by atoms with van der Waals surface area (Å²) < 4.78 is 1.21. The standard InChI is InChI=1S/C15H16N2S2/c1-15(2,3)9-8-18-13(16)12(9)14-17-10-6-4-5-7-11(10)19-14/h4-8H,16H2,1-3H3. The van der Waals surface area contributed by atoms with Crippen molar-refractivity contribution in [1.29, 1.82) is 0 Å². The highest BCUT2D eigenvalue weighted by molar-refractivity contribution is 7.22. The third-order valence-corrected chi connectivity index (χ3v) is 5.00. The second kappa shape index (κ2) is 4.32. The van der Waals surface area contributed by atoms with E-state index in [0.29, 0.717) is 0 Å². The maximum atomic E-state index is 6.18. The van der Waals surface area contributed by atoms with Gasteiger partial charge >= 0.3 is 0 Å². The first kappa shape index (κ1) is 12.6. The highest BCUT2D eigenvalue weighted by atomic mass is 32.1. The summed E-state index contributed by atoms with van der Waals surface area (Å²) in [7, 11) is 0. The Morgan fingerprint density at radius 1 is 1.16 bits per heavy atom. The Hall–Kier alpha value is -1.39. The van der Waals surface area contributed by atoms with Crippen LogP contribution in [-0.2, 0) is 5.41 Å². The number of thiazole rings is 1. The summed E-state index contributed by atoms with van der Waals surface area (Å²) in [5, 5.41) is 4.06. The van der Waals surface area contributed by atoms with Crippen LogP contribution in [0.1, 0.15) is 26.3 Å². The maximum Gasteiger partial charge on any atom is 0.127 e. The average molecular weight is 288 g/mol. The summed E-state index contributed by atoms with van der Waals surface area (Å²) in [5.74, 6) is 0. The summed E-state index contributed by atoms with van der Waals surface area (Å²) >= 11 is 3.32. The molecule has 0 fully saturated rings. The van der Waals surface area contributed by atoms with Crippen molar-refractivity contribution in [3.05, 3.63) is 35.2 Å². The van der Waals surface area contributed by atoms with Crippen LogP contribution in [0.15, 0.2) is 29.6 Å². The van der Waals surface area contributed by atoms with Crippen molar-refractivity contribution in [3.63, 3.8) is 0 Å². The Bertz CT molecular complexity index is 699. The molecule has 2 N–H and O–H groups in total. The molecule has 0 bridgehead atoms. The lowest BCUT2D eigenvalue weighted by molar-refractivity contribution is 0.594. The molecule has 1 aromatic carbocycles. The quantitative estimate of drug-likeness (QED) is 0.691. The fourth-order valence-electron chi connectivity index (χ4n) is 2.12. The molecule has 4 heteroatoms. The third-order valence-electron chi connectivity index (χ3n) is 3.14. The third kappa shape index (κ3) is 2.15. The number of fused-ring (bicyclic) bond motifs is 1. The van der Waals surface area contributed by atoms with Crippen molar-refractivity contribution in [2.45, 2.75) is 26.2 Å². The van der Waals surface area contributed by atoms with Crippen LogP contribution in [-0.4, -0.2) is 4.98 Å². The smallest absolute Gasteiger partial charge is 0.127 e. The lowest BCUT2D eigenvalue weighted by atomic mass is 9.86. The molecule has 98 valence electrons. The number of rotatable bonds is 1. The minimum absolute atomic E-state index is 0.0846. The van der Waals surface area contributed by atoms with Crippen LogP contribution in [0.4, 0.5) is 5.00 Å². The molecule has 0 aliphatic heterocycles. The molecule has 0 radical (unpaired) electrons. The van der Waals surface area contributed by atoms with Gasteiger partial charge in [-0.25, -0.2) is 4.98 Å². The van der Waals surface area contributed by atoms with Crippen LogP contribution < -0.4 is 5.73 Å². The van der Waals surface area contributed by atoms with Gasteiger partial charge in [-0.1, -0.05) is 32.9 Å². The van der Waals surface area contributed by atoms with Gasteiger partial charge in [-0.15, -0.1) is 22.7 Å². The van der Waals surface area contributed by atoms with Gasteiger partial charge in [-0.3, -0.25) is 0 Å². The summed E-state index contributed by atoms with van der Waals surface area (Å²) in [4.78, 5) is 4.74. The van der Waals surface area contributed by atoms with Crippen molar-refractivity contribution >= 4 is 37.9 Å². The molecule has 0 spiro atoms. The molecule has 0 atom stereocenters. The van der Waals surface area contributed by atoms with Gasteiger partial charge in [0.25, 0.3) is 0 Å². The largest absolute Gasteiger partial charge is 0.390 e. The van der Waals surface area contributed by atoms with Crippen molar-refractivity contribution in [1.82, 2.24) is 4.98 Å². The molecule has 0 aliphatic rings. The van der Waals surface area contributed by atoms with E-state index in [1.807, 2.05) is 12.1 Å². The summed E-state index contributed by atoms with van der Waals surface area (Å²) in [6, 6.07) is 8.23. The van der Waals surface area contributed by atoms with Crippen LogP contribution in [0, 0.1) is 0 Å². The Labute approximate surface area is 120 Å². The van der Waals surface area contributed by atoms with Gasteiger partial charge in [0.15, 0.2) is 0 Å². The Morgan fingerprint density at radius 3 is 2.58 bits per heavy atom. The number of hydrogen-bond donors (Lipinski definition) is 1. The first-order valence-electron chi connectivity index (χ1n) is 6.20. The first-order valence-corrected chi connectivity index (χ1v) is 7.90. The van der Waals surface area contributed by atoms with Crippen molar-refractivity contribution < 1.29 is 0 Å². The fraction of sp³-hybridized carbons (Fsp3) is 0.267. The number of benzene rings is 1. The van der Waals surface area contributed by atoms with Gasteiger partial charge in [0, 0.05) is 5.56 Å². The van der Waals surface area contributed by atoms with Crippen LogP contribution in [0.5, 0.6) is 0 Å². The molecule has 2 nitrogen and oxygen atoms in total. The molecule has 3 rings (SSSR count). The Balaban J connectivity index is 2.24. The number of nitrogen functional groups attached to an aromatic ring is 1. The number of nitrogens with zero attached hydrogens (tertiary/aromatic N) is 1. The number of anilines is 1. The van der Waals surface area contributed by atoms with Gasteiger partial charge in [0.1, 0.15) is 5.01 Å². The van der Waals surface area contributed by atoms with Crippen LogP contribution >= 0.6 is 22.7 Å². The van der Waals surface area contributed by atoms with Gasteiger partial charge < -0.3 is 5.73 Å². The molecular weight excluding hydrogens is 272 g/mol. The molecule has 0 unspecified atom stereocenters. The van der Waals surface area contributed by atoms with Crippen LogP contribution in [0.2, 0.25) is 0 Å². The molecule has 2 heterocycles. The molecular formula is C15H16N2S2. The van der Waals surface area contributed by atoms with Gasteiger partial charge in [0.05, 0.1) is 15.2 Å². The predicted octanol–water partition coefficient (Wildman–Crippen LogP) is 4.90. The van der Waals surface area contributed by atoms with E-state index < -0.39 is 0 Å². The molecule has 19 heavy (non-hydrogen) atoms. The van der Waals surface area contributed by atoms with Gasteiger partial charge in [-0.2, -0.15) is 0 Å². The monoisotopic (exact) mass is 288 g/mol.